The molecule has 3 rings (SSSR count). The Balaban J connectivity index is 2.02. The summed E-state index contributed by atoms with van der Waals surface area (Å²) in [4.78, 5) is 21.1. The van der Waals surface area contributed by atoms with Crippen LogP contribution in [0, 0.1) is 0 Å². The zero-order valence-corrected chi connectivity index (χ0v) is 17.1. The number of nitrogens with one attached hydrogen (secondary N) is 1. The number of benzene rings is 2. The monoisotopic (exact) mass is 467 g/mol. The Kier molecular flexibility index (Phi) is 7.22. The van der Waals surface area contributed by atoms with Gasteiger partial charge in [0.05, 0.1) is 12.3 Å². The number of aliphatic hydroxyl groups is 1. The molecule has 1 aromatic heterocycles. The number of carbonyl (C=O) groups excluding carboxylic acids is 1. The molecule has 0 aliphatic rings. The second-order valence-electron chi connectivity index (χ2n) is 7.01. The van der Waals surface area contributed by atoms with Gasteiger partial charge in [0.15, 0.2) is 5.82 Å². The molecule has 2 aromatic carbocycles. The molecule has 1 atom stereocenters. The largest absolute Gasteiger partial charge is 0.573 e. The minimum Gasteiger partial charge on any atom is -0.406 e. The third-order valence-electron chi connectivity index (χ3n) is 4.41. The standard InChI is InChI=1S/C22H18F5N3O3/c1-12(11-31)28-21(32)18-10-17(13-6-8-16(9-7-13)33-22(25,26)27)29-20(30-18)15-4-2-14(3-5-15)19(23)24/h2-10,12,19,31H,11H2,1H3,(H,28,32)/t12-/m0/s1. The van der Waals surface area contributed by atoms with E-state index in [1.165, 1.54) is 42.5 Å². The molecule has 1 amide bonds. The Morgan fingerprint density at radius 3 is 2.18 bits per heavy atom. The van der Waals surface area contributed by atoms with E-state index in [2.05, 4.69) is 20.0 Å². The van der Waals surface area contributed by atoms with Gasteiger partial charge in [0, 0.05) is 22.7 Å². The lowest BCUT2D eigenvalue weighted by Gasteiger charge is -2.13. The third-order valence-corrected chi connectivity index (χ3v) is 4.41. The van der Waals surface area contributed by atoms with E-state index in [4.69, 9.17) is 0 Å². The molecule has 0 radical (unpaired) electrons. The molecule has 0 bridgehead atoms. The van der Waals surface area contributed by atoms with Crippen LogP contribution in [0.4, 0.5) is 22.0 Å². The number of halogens is 5. The number of hydrogen-bond acceptors (Lipinski definition) is 5. The van der Waals surface area contributed by atoms with Crippen molar-refractivity contribution in [2.75, 3.05) is 6.61 Å². The van der Waals surface area contributed by atoms with Crippen molar-refractivity contribution < 1.29 is 36.6 Å². The number of amides is 1. The lowest BCUT2D eigenvalue weighted by Crippen LogP contribution is -2.35. The maximum absolute atomic E-state index is 12.9. The molecule has 0 saturated heterocycles. The van der Waals surface area contributed by atoms with Crippen molar-refractivity contribution in [2.45, 2.75) is 25.8 Å². The van der Waals surface area contributed by atoms with E-state index in [-0.39, 0.29) is 29.4 Å². The van der Waals surface area contributed by atoms with E-state index in [0.717, 1.165) is 12.1 Å². The van der Waals surface area contributed by atoms with E-state index in [1.807, 2.05) is 0 Å². The first-order valence-corrected chi connectivity index (χ1v) is 9.61. The maximum Gasteiger partial charge on any atom is 0.573 e. The molecule has 0 saturated carbocycles. The highest BCUT2D eigenvalue weighted by molar-refractivity contribution is 5.94. The van der Waals surface area contributed by atoms with Crippen molar-refractivity contribution in [3.8, 4) is 28.4 Å². The molecule has 2 N–H and O–H groups in total. The van der Waals surface area contributed by atoms with Crippen molar-refractivity contribution in [3.05, 3.63) is 65.9 Å². The molecule has 11 heteroatoms. The van der Waals surface area contributed by atoms with Gasteiger partial charge in [-0.05, 0) is 37.3 Å². The van der Waals surface area contributed by atoms with Gasteiger partial charge < -0.3 is 15.2 Å². The fraction of sp³-hybridized carbons (Fsp3) is 0.227. The zero-order chi connectivity index (χ0) is 24.2. The first-order chi connectivity index (χ1) is 15.6. The normalized spacial score (nSPS) is 12.5. The number of aromatic nitrogens is 2. The van der Waals surface area contributed by atoms with Crippen molar-refractivity contribution in [1.29, 1.82) is 0 Å². The van der Waals surface area contributed by atoms with Crippen LogP contribution in [-0.4, -0.2) is 40.0 Å². The second-order valence-corrected chi connectivity index (χ2v) is 7.01. The van der Waals surface area contributed by atoms with E-state index in [0.29, 0.717) is 11.1 Å². The van der Waals surface area contributed by atoms with Gasteiger partial charge in [-0.25, -0.2) is 18.7 Å². The average molecular weight is 467 g/mol. The van der Waals surface area contributed by atoms with Crippen LogP contribution in [0.25, 0.3) is 22.6 Å². The molecule has 6 nitrogen and oxygen atoms in total. The van der Waals surface area contributed by atoms with Gasteiger partial charge in [0.2, 0.25) is 0 Å². The molecular weight excluding hydrogens is 449 g/mol. The molecule has 174 valence electrons. The third kappa shape index (κ3) is 6.45. The van der Waals surface area contributed by atoms with Crippen LogP contribution in [0.3, 0.4) is 0 Å². The van der Waals surface area contributed by atoms with Crippen LogP contribution in [0.2, 0.25) is 0 Å². The number of ether oxygens (including phenoxy) is 1. The van der Waals surface area contributed by atoms with Gasteiger partial charge in [-0.3, -0.25) is 4.79 Å². The first-order valence-electron chi connectivity index (χ1n) is 9.61. The number of aliphatic hydroxyl groups excluding tert-OH is 1. The SMILES string of the molecule is C[C@@H](CO)NC(=O)c1cc(-c2ccc(OC(F)(F)F)cc2)nc(-c2ccc(C(F)F)cc2)n1. The summed E-state index contributed by atoms with van der Waals surface area (Å²) in [6.07, 6.45) is -7.51. The quantitative estimate of drug-likeness (QED) is 0.490. The van der Waals surface area contributed by atoms with Crippen LogP contribution >= 0.6 is 0 Å². The Labute approximate surface area is 185 Å². The molecule has 0 aliphatic heterocycles. The van der Waals surface area contributed by atoms with Crippen LogP contribution < -0.4 is 10.1 Å². The van der Waals surface area contributed by atoms with Crippen LogP contribution in [0.1, 0.15) is 29.4 Å². The smallest absolute Gasteiger partial charge is 0.406 e. The van der Waals surface area contributed by atoms with Crippen molar-refractivity contribution in [1.82, 2.24) is 15.3 Å². The minimum atomic E-state index is -4.84. The van der Waals surface area contributed by atoms with Gasteiger partial charge in [-0.1, -0.05) is 24.3 Å². The summed E-state index contributed by atoms with van der Waals surface area (Å²) in [6, 6.07) is 10.7. The van der Waals surface area contributed by atoms with Crippen molar-refractivity contribution in [3.63, 3.8) is 0 Å². The number of alkyl halides is 5. The predicted molar refractivity (Wildman–Crippen MR) is 109 cm³/mol. The average Bonchev–Trinajstić information content (AvgIpc) is 2.78. The van der Waals surface area contributed by atoms with Gasteiger partial charge in [-0.15, -0.1) is 13.2 Å². The summed E-state index contributed by atoms with van der Waals surface area (Å²) in [5.74, 6) is -1.01. The summed E-state index contributed by atoms with van der Waals surface area (Å²) < 4.78 is 66.8. The van der Waals surface area contributed by atoms with Crippen molar-refractivity contribution in [2.24, 2.45) is 0 Å². The van der Waals surface area contributed by atoms with Gasteiger partial charge in [-0.2, -0.15) is 0 Å². The highest BCUT2D eigenvalue weighted by atomic mass is 19.4. The summed E-state index contributed by atoms with van der Waals surface area (Å²) >= 11 is 0. The summed E-state index contributed by atoms with van der Waals surface area (Å²) in [5, 5.41) is 11.7. The molecule has 1 heterocycles. The predicted octanol–water partition coefficient (Wildman–Crippen LogP) is 4.76. The van der Waals surface area contributed by atoms with Crippen LogP contribution in [0.5, 0.6) is 5.75 Å². The lowest BCUT2D eigenvalue weighted by molar-refractivity contribution is -0.274. The summed E-state index contributed by atoms with van der Waals surface area (Å²) in [5.41, 5.74) is 0.635. The maximum atomic E-state index is 12.9. The van der Waals surface area contributed by atoms with Gasteiger partial charge >= 0.3 is 6.36 Å². The van der Waals surface area contributed by atoms with Gasteiger partial charge in [0.25, 0.3) is 12.3 Å². The highest BCUT2D eigenvalue weighted by Gasteiger charge is 2.31. The second kappa shape index (κ2) is 9.90. The number of hydrogen-bond donors (Lipinski definition) is 2. The number of nitrogens with zero attached hydrogens (tertiary/aromatic N) is 2. The highest BCUT2D eigenvalue weighted by Crippen LogP contribution is 2.28. The molecule has 33 heavy (non-hydrogen) atoms. The summed E-state index contributed by atoms with van der Waals surface area (Å²) in [7, 11) is 0. The van der Waals surface area contributed by atoms with Gasteiger partial charge in [0.1, 0.15) is 11.4 Å². The summed E-state index contributed by atoms with van der Waals surface area (Å²) in [6.45, 7) is 1.26. The number of rotatable bonds is 7. The Bertz CT molecular complexity index is 1100. The first kappa shape index (κ1) is 24.1. The Morgan fingerprint density at radius 2 is 1.64 bits per heavy atom. The molecule has 0 fully saturated rings. The fourth-order valence-corrected chi connectivity index (χ4v) is 2.79. The van der Waals surface area contributed by atoms with E-state index < -0.39 is 30.5 Å². The van der Waals surface area contributed by atoms with Crippen LogP contribution in [0.15, 0.2) is 54.6 Å². The fourth-order valence-electron chi connectivity index (χ4n) is 2.79. The number of carbonyl (C=O) groups is 1. The lowest BCUT2D eigenvalue weighted by atomic mass is 10.1. The van der Waals surface area contributed by atoms with Crippen LogP contribution in [-0.2, 0) is 0 Å². The minimum absolute atomic E-state index is 0.0470. The molecule has 3 aromatic rings. The zero-order valence-electron chi connectivity index (χ0n) is 17.1. The molecule has 0 aliphatic carbocycles. The Hall–Kier alpha value is -3.60. The molecule has 0 unspecified atom stereocenters. The van der Waals surface area contributed by atoms with E-state index in [9.17, 15) is 31.9 Å². The molecule has 0 spiro atoms. The van der Waals surface area contributed by atoms with Crippen molar-refractivity contribution >= 4 is 5.91 Å². The topological polar surface area (TPSA) is 84.3 Å². The molecular formula is C22H18F5N3O3. The Morgan fingerprint density at radius 1 is 1.03 bits per heavy atom. The van der Waals surface area contributed by atoms with E-state index in [1.54, 1.807) is 6.92 Å². The van der Waals surface area contributed by atoms with E-state index >= 15 is 0 Å².